The highest BCUT2D eigenvalue weighted by Gasteiger charge is 2.29. The second kappa shape index (κ2) is 4.60. The van der Waals surface area contributed by atoms with Gasteiger partial charge in [-0.1, -0.05) is 13.3 Å². The molecular formula is C11H14N4O2. The van der Waals surface area contributed by atoms with Crippen molar-refractivity contribution in [2.75, 3.05) is 0 Å². The van der Waals surface area contributed by atoms with E-state index in [9.17, 15) is 5.11 Å². The Bertz CT molecular complexity index is 481. The molecule has 0 fully saturated rings. The summed E-state index contributed by atoms with van der Waals surface area (Å²) in [6.45, 7) is 1.91. The maximum atomic E-state index is 9.92. The molecule has 0 bridgehead atoms. The van der Waals surface area contributed by atoms with E-state index >= 15 is 0 Å². The number of pyridine rings is 1. The van der Waals surface area contributed by atoms with Crippen molar-refractivity contribution in [3.05, 3.63) is 30.4 Å². The molecule has 90 valence electrons. The maximum absolute atomic E-state index is 9.92. The van der Waals surface area contributed by atoms with Crippen molar-refractivity contribution in [1.82, 2.24) is 15.2 Å². The van der Waals surface area contributed by atoms with Crippen molar-refractivity contribution in [3.63, 3.8) is 0 Å². The summed E-state index contributed by atoms with van der Waals surface area (Å²) >= 11 is 0. The van der Waals surface area contributed by atoms with E-state index in [0.717, 1.165) is 12.0 Å². The average molecular weight is 234 g/mol. The second-order valence-electron chi connectivity index (χ2n) is 3.82. The Hall–Kier alpha value is -1.79. The monoisotopic (exact) mass is 234 g/mol. The smallest absolute Gasteiger partial charge is 0.263 e. The Morgan fingerprint density at radius 1 is 1.35 bits per heavy atom. The van der Waals surface area contributed by atoms with E-state index in [-0.39, 0.29) is 5.89 Å². The van der Waals surface area contributed by atoms with Gasteiger partial charge in [0.05, 0.1) is 0 Å². The van der Waals surface area contributed by atoms with E-state index in [1.165, 1.54) is 0 Å². The SMILES string of the molecule is CCC[C@](N)(O)c1nnc(-c2ccncc2)o1. The van der Waals surface area contributed by atoms with E-state index in [0.29, 0.717) is 12.3 Å². The molecule has 0 amide bonds. The Morgan fingerprint density at radius 2 is 2.06 bits per heavy atom. The summed E-state index contributed by atoms with van der Waals surface area (Å²) in [6.07, 6.45) is 4.34. The Kier molecular flexibility index (Phi) is 3.16. The zero-order valence-corrected chi connectivity index (χ0v) is 9.50. The number of nitrogens with two attached hydrogens (primary N) is 1. The molecule has 0 saturated carbocycles. The van der Waals surface area contributed by atoms with Crippen molar-refractivity contribution >= 4 is 0 Å². The molecule has 0 aliphatic heterocycles. The summed E-state index contributed by atoms with van der Waals surface area (Å²) in [5, 5.41) is 17.5. The largest absolute Gasteiger partial charge is 0.416 e. The Balaban J connectivity index is 2.28. The van der Waals surface area contributed by atoms with Gasteiger partial charge in [0.25, 0.3) is 5.89 Å². The number of nitrogens with zero attached hydrogens (tertiary/aromatic N) is 3. The van der Waals surface area contributed by atoms with Gasteiger partial charge in [0.2, 0.25) is 5.89 Å². The minimum atomic E-state index is -1.56. The van der Waals surface area contributed by atoms with Crippen molar-refractivity contribution in [2.24, 2.45) is 5.73 Å². The van der Waals surface area contributed by atoms with Crippen LogP contribution in [0.4, 0.5) is 0 Å². The number of hydrogen-bond donors (Lipinski definition) is 2. The van der Waals surface area contributed by atoms with Crippen LogP contribution in [0.15, 0.2) is 28.9 Å². The highest BCUT2D eigenvalue weighted by atomic mass is 16.4. The van der Waals surface area contributed by atoms with Gasteiger partial charge in [0, 0.05) is 18.0 Å². The lowest BCUT2D eigenvalue weighted by Gasteiger charge is -2.16. The molecule has 2 aromatic rings. The van der Waals surface area contributed by atoms with Gasteiger partial charge >= 0.3 is 0 Å². The first kappa shape index (κ1) is 11.7. The number of hydrogen-bond acceptors (Lipinski definition) is 6. The van der Waals surface area contributed by atoms with Gasteiger partial charge in [-0.3, -0.25) is 10.7 Å². The van der Waals surface area contributed by atoms with Crippen LogP contribution >= 0.6 is 0 Å². The minimum Gasteiger partial charge on any atom is -0.416 e. The summed E-state index contributed by atoms with van der Waals surface area (Å²) < 4.78 is 5.36. The van der Waals surface area contributed by atoms with Gasteiger partial charge in [-0.05, 0) is 18.6 Å². The third kappa shape index (κ3) is 2.48. The fraction of sp³-hybridized carbons (Fsp3) is 0.364. The van der Waals surface area contributed by atoms with Crippen LogP contribution in [0.3, 0.4) is 0 Å². The molecule has 3 N–H and O–H groups in total. The van der Waals surface area contributed by atoms with Gasteiger partial charge in [0.15, 0.2) is 5.72 Å². The first-order chi connectivity index (χ1) is 8.13. The number of aliphatic hydroxyl groups is 1. The van der Waals surface area contributed by atoms with Crippen molar-refractivity contribution in [3.8, 4) is 11.5 Å². The molecule has 0 aromatic carbocycles. The average Bonchev–Trinajstić information content (AvgIpc) is 2.80. The van der Waals surface area contributed by atoms with Crippen molar-refractivity contribution in [1.29, 1.82) is 0 Å². The Morgan fingerprint density at radius 3 is 2.71 bits per heavy atom. The number of rotatable bonds is 4. The topological polar surface area (TPSA) is 98.1 Å². The molecule has 2 aromatic heterocycles. The van der Waals surface area contributed by atoms with Gasteiger partial charge in [-0.2, -0.15) is 0 Å². The fourth-order valence-corrected chi connectivity index (χ4v) is 1.50. The molecule has 0 unspecified atom stereocenters. The highest BCUT2D eigenvalue weighted by Crippen LogP contribution is 2.23. The lowest BCUT2D eigenvalue weighted by atomic mass is 10.1. The Labute approximate surface area is 98.5 Å². The molecule has 1 atom stereocenters. The molecule has 0 aliphatic carbocycles. The molecular weight excluding hydrogens is 220 g/mol. The van der Waals surface area contributed by atoms with Gasteiger partial charge in [0.1, 0.15) is 0 Å². The second-order valence-corrected chi connectivity index (χ2v) is 3.82. The van der Waals surface area contributed by atoms with E-state index < -0.39 is 5.72 Å². The normalized spacial score (nSPS) is 14.5. The molecule has 6 nitrogen and oxygen atoms in total. The van der Waals surface area contributed by atoms with E-state index in [1.807, 2.05) is 6.92 Å². The van der Waals surface area contributed by atoms with Gasteiger partial charge in [-0.15, -0.1) is 10.2 Å². The quantitative estimate of drug-likeness (QED) is 0.767. The number of aromatic nitrogens is 3. The highest BCUT2D eigenvalue weighted by molar-refractivity contribution is 5.50. The maximum Gasteiger partial charge on any atom is 0.263 e. The van der Waals surface area contributed by atoms with Crippen LogP contribution < -0.4 is 5.73 Å². The standard InChI is InChI=1S/C11H14N4O2/c1-2-5-11(12,16)10-15-14-9(17-10)8-3-6-13-7-4-8/h3-4,6-7,16H,2,5,12H2,1H3/t11-/m0/s1. The van der Waals surface area contributed by atoms with Gasteiger partial charge < -0.3 is 9.52 Å². The fourth-order valence-electron chi connectivity index (χ4n) is 1.50. The lowest BCUT2D eigenvalue weighted by molar-refractivity contribution is 0.00674. The van der Waals surface area contributed by atoms with Crippen molar-refractivity contribution < 1.29 is 9.52 Å². The minimum absolute atomic E-state index is 0.0335. The first-order valence-electron chi connectivity index (χ1n) is 5.39. The predicted molar refractivity (Wildman–Crippen MR) is 60.5 cm³/mol. The van der Waals surface area contributed by atoms with Gasteiger partial charge in [-0.25, -0.2) is 0 Å². The lowest BCUT2D eigenvalue weighted by Crippen LogP contribution is -2.36. The molecule has 2 heterocycles. The van der Waals surface area contributed by atoms with E-state index in [4.69, 9.17) is 10.2 Å². The zero-order valence-electron chi connectivity index (χ0n) is 9.50. The van der Waals surface area contributed by atoms with Crippen LogP contribution in [-0.2, 0) is 5.72 Å². The van der Waals surface area contributed by atoms with Crippen LogP contribution in [-0.4, -0.2) is 20.3 Å². The molecule has 0 aliphatic rings. The summed E-state index contributed by atoms with van der Waals surface area (Å²) in [7, 11) is 0. The van der Waals surface area contributed by atoms with Crippen LogP contribution in [0.5, 0.6) is 0 Å². The van der Waals surface area contributed by atoms with Crippen molar-refractivity contribution in [2.45, 2.75) is 25.5 Å². The summed E-state index contributed by atoms with van der Waals surface area (Å²) in [5.74, 6) is 0.355. The first-order valence-corrected chi connectivity index (χ1v) is 5.39. The van der Waals surface area contributed by atoms with Crippen LogP contribution in [0.25, 0.3) is 11.5 Å². The molecule has 2 rings (SSSR count). The van der Waals surface area contributed by atoms with E-state index in [1.54, 1.807) is 24.5 Å². The zero-order chi connectivity index (χ0) is 12.3. The molecule has 17 heavy (non-hydrogen) atoms. The molecule has 0 saturated heterocycles. The third-order valence-electron chi connectivity index (χ3n) is 2.35. The predicted octanol–water partition coefficient (Wildman–Crippen LogP) is 1.04. The van der Waals surface area contributed by atoms with Crippen LogP contribution in [0.1, 0.15) is 25.7 Å². The van der Waals surface area contributed by atoms with Crippen LogP contribution in [0.2, 0.25) is 0 Å². The molecule has 0 radical (unpaired) electrons. The van der Waals surface area contributed by atoms with Crippen LogP contribution in [0, 0.1) is 0 Å². The van der Waals surface area contributed by atoms with E-state index in [2.05, 4.69) is 15.2 Å². The summed E-state index contributed by atoms with van der Waals surface area (Å²) in [5.41, 5.74) is 4.87. The summed E-state index contributed by atoms with van der Waals surface area (Å²) in [6, 6.07) is 3.49. The summed E-state index contributed by atoms with van der Waals surface area (Å²) in [4.78, 5) is 3.89. The molecule has 6 heteroatoms. The third-order valence-corrected chi connectivity index (χ3v) is 2.35. The molecule has 0 spiro atoms.